The van der Waals surface area contributed by atoms with Crippen LogP contribution < -0.4 is 0 Å². The Morgan fingerprint density at radius 1 is 1.55 bits per heavy atom. The van der Waals surface area contributed by atoms with Crippen molar-refractivity contribution in [1.82, 2.24) is 0 Å². The lowest BCUT2D eigenvalue weighted by Crippen LogP contribution is -2.38. The molecule has 1 rings (SSSR count). The normalized spacial score (nSPS) is 26.2. The molecular weight excluding hydrogens is 143 g/mol. The zero-order valence-electron chi connectivity index (χ0n) is 7.37. The molecule has 0 amide bonds. The predicted octanol–water partition coefficient (Wildman–Crippen LogP) is 1.22. The Hall–Kier alpha value is -0.0551. The average molecular weight is 158 g/mol. The molecule has 1 fully saturated rings. The van der Waals surface area contributed by atoms with Crippen molar-refractivity contribution >= 4 is 7.32 Å². The summed E-state index contributed by atoms with van der Waals surface area (Å²) in [4.78, 5) is 0. The minimum absolute atomic E-state index is 0.158. The summed E-state index contributed by atoms with van der Waals surface area (Å²) in [6.07, 6.45) is 1.37. The fraction of sp³-hybridized carbons (Fsp3) is 1.00. The van der Waals surface area contributed by atoms with Crippen LogP contribution in [0.4, 0.5) is 0 Å². The van der Waals surface area contributed by atoms with Gasteiger partial charge in [0.1, 0.15) is 0 Å². The molecule has 0 unspecified atom stereocenters. The first-order valence-corrected chi connectivity index (χ1v) is 4.11. The third kappa shape index (κ3) is 3.23. The highest BCUT2D eigenvalue weighted by molar-refractivity contribution is 6.36. The van der Waals surface area contributed by atoms with Crippen molar-refractivity contribution < 1.29 is 14.0 Å². The first-order chi connectivity index (χ1) is 5.18. The lowest BCUT2D eigenvalue weighted by molar-refractivity contribution is 0.00214. The van der Waals surface area contributed by atoms with Gasteiger partial charge in [0.05, 0.1) is 0 Å². The van der Waals surface area contributed by atoms with Crippen LogP contribution in [0.5, 0.6) is 0 Å². The van der Waals surface area contributed by atoms with Crippen molar-refractivity contribution in [3.63, 3.8) is 0 Å². The lowest BCUT2D eigenvalue weighted by Gasteiger charge is -2.25. The van der Waals surface area contributed by atoms with Crippen molar-refractivity contribution in [2.45, 2.75) is 39.4 Å². The zero-order chi connectivity index (χ0) is 8.27. The fourth-order valence-corrected chi connectivity index (χ4v) is 0.921. The van der Waals surface area contributed by atoms with Crippen LogP contribution in [0.1, 0.15) is 27.2 Å². The number of hydrogen-bond acceptors (Lipinski definition) is 3. The molecule has 0 radical (unpaired) electrons. The van der Waals surface area contributed by atoms with Gasteiger partial charge in [-0.05, 0) is 27.2 Å². The molecule has 0 bridgehead atoms. The second kappa shape index (κ2) is 4.09. The van der Waals surface area contributed by atoms with Crippen LogP contribution in [-0.2, 0) is 14.0 Å². The van der Waals surface area contributed by atoms with Crippen LogP contribution in [0.15, 0.2) is 0 Å². The van der Waals surface area contributed by atoms with E-state index in [0.717, 1.165) is 13.0 Å². The van der Waals surface area contributed by atoms with E-state index in [0.29, 0.717) is 0 Å². The maximum Gasteiger partial charge on any atom is 0.639 e. The SMILES string of the molecule is CC(C)OB1OCC[C@@H](C)O1. The highest BCUT2D eigenvalue weighted by Gasteiger charge is 2.29. The van der Waals surface area contributed by atoms with Crippen molar-refractivity contribution in [3.8, 4) is 0 Å². The molecule has 3 nitrogen and oxygen atoms in total. The van der Waals surface area contributed by atoms with Gasteiger partial charge in [-0.2, -0.15) is 0 Å². The van der Waals surface area contributed by atoms with Gasteiger partial charge in [0.15, 0.2) is 0 Å². The highest BCUT2D eigenvalue weighted by atomic mass is 16.7. The minimum Gasteiger partial charge on any atom is -0.386 e. The van der Waals surface area contributed by atoms with E-state index in [1.54, 1.807) is 0 Å². The Labute approximate surface area is 68.2 Å². The topological polar surface area (TPSA) is 27.7 Å². The molecule has 1 heterocycles. The van der Waals surface area contributed by atoms with Crippen molar-refractivity contribution in [3.05, 3.63) is 0 Å². The van der Waals surface area contributed by atoms with Crippen LogP contribution >= 0.6 is 0 Å². The van der Waals surface area contributed by atoms with Crippen LogP contribution in [0.3, 0.4) is 0 Å². The Balaban J connectivity index is 2.23. The molecule has 1 aliphatic heterocycles. The van der Waals surface area contributed by atoms with Gasteiger partial charge in [-0.25, -0.2) is 0 Å². The Kier molecular flexibility index (Phi) is 3.36. The van der Waals surface area contributed by atoms with E-state index >= 15 is 0 Å². The standard InChI is InChI=1S/C7H15BO3/c1-6(2)10-8-9-5-4-7(3)11-8/h6-7H,4-5H2,1-3H3/t7-/m1/s1. The first kappa shape index (κ1) is 9.04. The third-order valence-corrected chi connectivity index (χ3v) is 1.51. The summed E-state index contributed by atoms with van der Waals surface area (Å²) in [5.41, 5.74) is 0. The van der Waals surface area contributed by atoms with Gasteiger partial charge in [-0.3, -0.25) is 0 Å². The molecule has 11 heavy (non-hydrogen) atoms. The van der Waals surface area contributed by atoms with Gasteiger partial charge in [-0.1, -0.05) is 0 Å². The van der Waals surface area contributed by atoms with Crippen LogP contribution in [-0.4, -0.2) is 26.1 Å². The molecule has 1 aliphatic rings. The smallest absolute Gasteiger partial charge is 0.386 e. The molecular formula is C7H15BO3. The molecule has 0 aromatic rings. The molecule has 4 heteroatoms. The number of hydrogen-bond donors (Lipinski definition) is 0. The van der Waals surface area contributed by atoms with Crippen molar-refractivity contribution in [1.29, 1.82) is 0 Å². The van der Waals surface area contributed by atoms with E-state index in [-0.39, 0.29) is 12.2 Å². The van der Waals surface area contributed by atoms with Crippen LogP contribution in [0.2, 0.25) is 0 Å². The summed E-state index contributed by atoms with van der Waals surface area (Å²) in [7, 11) is -0.446. The Morgan fingerprint density at radius 3 is 2.82 bits per heavy atom. The van der Waals surface area contributed by atoms with E-state index in [4.69, 9.17) is 14.0 Å². The number of rotatable bonds is 2. The molecule has 0 aromatic carbocycles. The maximum atomic E-state index is 5.35. The van der Waals surface area contributed by atoms with E-state index in [9.17, 15) is 0 Å². The third-order valence-electron chi connectivity index (χ3n) is 1.51. The van der Waals surface area contributed by atoms with E-state index < -0.39 is 7.32 Å². The van der Waals surface area contributed by atoms with Crippen LogP contribution in [0, 0.1) is 0 Å². The summed E-state index contributed by atoms with van der Waals surface area (Å²) >= 11 is 0. The van der Waals surface area contributed by atoms with E-state index in [2.05, 4.69) is 0 Å². The molecule has 0 aromatic heterocycles. The first-order valence-electron chi connectivity index (χ1n) is 4.11. The molecule has 0 aliphatic carbocycles. The predicted molar refractivity (Wildman–Crippen MR) is 43.1 cm³/mol. The van der Waals surface area contributed by atoms with Gasteiger partial charge in [-0.15, -0.1) is 0 Å². The van der Waals surface area contributed by atoms with Crippen molar-refractivity contribution in [2.75, 3.05) is 6.61 Å². The summed E-state index contributed by atoms with van der Waals surface area (Å²) in [6, 6.07) is 0. The minimum atomic E-state index is -0.446. The highest BCUT2D eigenvalue weighted by Crippen LogP contribution is 2.10. The molecule has 0 saturated carbocycles. The lowest BCUT2D eigenvalue weighted by atomic mass is 10.1. The molecule has 64 valence electrons. The fourth-order valence-electron chi connectivity index (χ4n) is 0.921. The summed E-state index contributed by atoms with van der Waals surface area (Å²) < 4.78 is 15.9. The second-order valence-electron chi connectivity index (χ2n) is 3.08. The van der Waals surface area contributed by atoms with Gasteiger partial charge >= 0.3 is 7.32 Å². The molecule has 0 N–H and O–H groups in total. The van der Waals surface area contributed by atoms with Gasteiger partial charge in [0.2, 0.25) is 0 Å². The quantitative estimate of drug-likeness (QED) is 0.565. The van der Waals surface area contributed by atoms with Gasteiger partial charge in [0.25, 0.3) is 0 Å². The largest absolute Gasteiger partial charge is 0.639 e. The zero-order valence-corrected chi connectivity index (χ0v) is 7.37. The molecule has 1 saturated heterocycles. The monoisotopic (exact) mass is 158 g/mol. The summed E-state index contributed by atoms with van der Waals surface area (Å²) in [5, 5.41) is 0. The summed E-state index contributed by atoms with van der Waals surface area (Å²) in [6.45, 7) is 6.69. The van der Waals surface area contributed by atoms with Crippen molar-refractivity contribution in [2.24, 2.45) is 0 Å². The Bertz CT molecular complexity index is 116. The van der Waals surface area contributed by atoms with Gasteiger partial charge in [0, 0.05) is 18.8 Å². The average Bonchev–Trinajstić information content (AvgIpc) is 1.85. The second-order valence-corrected chi connectivity index (χ2v) is 3.08. The van der Waals surface area contributed by atoms with Gasteiger partial charge < -0.3 is 14.0 Å². The van der Waals surface area contributed by atoms with E-state index in [1.165, 1.54) is 0 Å². The summed E-state index contributed by atoms with van der Waals surface area (Å²) in [5.74, 6) is 0. The molecule has 0 spiro atoms. The maximum absolute atomic E-state index is 5.35. The van der Waals surface area contributed by atoms with Crippen LogP contribution in [0.25, 0.3) is 0 Å². The van der Waals surface area contributed by atoms with E-state index in [1.807, 2.05) is 20.8 Å². The Morgan fingerprint density at radius 2 is 2.27 bits per heavy atom. The molecule has 1 atom stereocenters.